The summed E-state index contributed by atoms with van der Waals surface area (Å²) in [5.74, 6) is -0.604. The zero-order valence-corrected chi connectivity index (χ0v) is 12.5. The van der Waals surface area contributed by atoms with E-state index in [1.165, 1.54) is 0 Å². The van der Waals surface area contributed by atoms with Crippen molar-refractivity contribution in [2.24, 2.45) is 0 Å². The fraction of sp³-hybridized carbons (Fsp3) is 0.429. The van der Waals surface area contributed by atoms with Crippen LogP contribution in [0.5, 0.6) is 0 Å². The molecule has 1 aromatic rings. The summed E-state index contributed by atoms with van der Waals surface area (Å²) in [5.41, 5.74) is 0.625. The van der Waals surface area contributed by atoms with Crippen molar-refractivity contribution in [2.45, 2.75) is 12.8 Å². The van der Waals surface area contributed by atoms with Gasteiger partial charge >= 0.3 is 0 Å². The summed E-state index contributed by atoms with van der Waals surface area (Å²) in [4.78, 5) is 25.2. The van der Waals surface area contributed by atoms with Crippen molar-refractivity contribution < 1.29 is 9.59 Å². The van der Waals surface area contributed by atoms with Gasteiger partial charge < -0.3 is 15.5 Å². The Kier molecular flexibility index (Phi) is 7.04. The zero-order valence-electron chi connectivity index (χ0n) is 11.8. The number of benzene rings is 1. The van der Waals surface area contributed by atoms with Gasteiger partial charge in [0.05, 0.1) is 0 Å². The van der Waals surface area contributed by atoms with Gasteiger partial charge in [-0.1, -0.05) is 11.6 Å². The van der Waals surface area contributed by atoms with Crippen LogP contribution in [0, 0.1) is 0 Å². The molecule has 0 aliphatic rings. The van der Waals surface area contributed by atoms with Crippen molar-refractivity contribution in [1.82, 2.24) is 10.2 Å². The fourth-order valence-electron chi connectivity index (χ4n) is 1.57. The van der Waals surface area contributed by atoms with Crippen LogP contribution in [-0.2, 0) is 9.59 Å². The molecule has 0 fully saturated rings. The molecule has 0 radical (unpaired) electrons. The number of carbonyl (C=O) groups is 2. The number of rotatable bonds is 7. The average molecular weight is 298 g/mol. The van der Waals surface area contributed by atoms with E-state index in [2.05, 4.69) is 10.6 Å². The minimum Gasteiger partial charge on any atom is -0.356 e. The second-order valence-electron chi connectivity index (χ2n) is 4.74. The third-order valence-corrected chi connectivity index (χ3v) is 2.81. The van der Waals surface area contributed by atoms with Gasteiger partial charge in [-0.3, -0.25) is 9.59 Å². The third kappa shape index (κ3) is 7.11. The Morgan fingerprint density at radius 2 is 1.80 bits per heavy atom. The van der Waals surface area contributed by atoms with Crippen molar-refractivity contribution in [3.05, 3.63) is 29.3 Å². The maximum Gasteiger partial charge on any atom is 0.233 e. The standard InChI is InChI=1S/C14H20ClN3O2/c1-18(2)9-3-8-16-13(19)10-14(20)17-12-6-4-11(15)5-7-12/h4-7H,3,8-10H2,1-2H3,(H,16,19)(H,17,20). The number of anilines is 1. The summed E-state index contributed by atoms with van der Waals surface area (Å²) < 4.78 is 0. The molecule has 1 rings (SSSR count). The second kappa shape index (κ2) is 8.55. The van der Waals surface area contributed by atoms with Crippen LogP contribution in [-0.4, -0.2) is 43.9 Å². The summed E-state index contributed by atoms with van der Waals surface area (Å²) in [6.07, 6.45) is 0.683. The highest BCUT2D eigenvalue weighted by molar-refractivity contribution is 6.30. The molecule has 2 amide bonds. The fourth-order valence-corrected chi connectivity index (χ4v) is 1.70. The van der Waals surface area contributed by atoms with Crippen molar-refractivity contribution in [1.29, 1.82) is 0 Å². The lowest BCUT2D eigenvalue weighted by atomic mass is 10.3. The summed E-state index contributed by atoms with van der Waals surface area (Å²) in [6, 6.07) is 6.74. The number of hydrogen-bond donors (Lipinski definition) is 2. The maximum atomic E-state index is 11.6. The number of amides is 2. The Bertz CT molecular complexity index is 446. The molecule has 1 aromatic carbocycles. The second-order valence-corrected chi connectivity index (χ2v) is 5.18. The zero-order chi connectivity index (χ0) is 15.0. The number of carbonyl (C=O) groups excluding carboxylic acids is 2. The Balaban J connectivity index is 2.24. The molecule has 110 valence electrons. The van der Waals surface area contributed by atoms with E-state index in [9.17, 15) is 9.59 Å². The van der Waals surface area contributed by atoms with Crippen LogP contribution in [0.25, 0.3) is 0 Å². The van der Waals surface area contributed by atoms with E-state index in [1.54, 1.807) is 24.3 Å². The average Bonchev–Trinajstić information content (AvgIpc) is 2.37. The van der Waals surface area contributed by atoms with Gasteiger partial charge in [-0.25, -0.2) is 0 Å². The largest absolute Gasteiger partial charge is 0.356 e. The van der Waals surface area contributed by atoms with Gasteiger partial charge in [0, 0.05) is 17.3 Å². The molecule has 0 atom stereocenters. The smallest absolute Gasteiger partial charge is 0.233 e. The molecule has 0 heterocycles. The van der Waals surface area contributed by atoms with E-state index in [-0.39, 0.29) is 18.2 Å². The first-order chi connectivity index (χ1) is 9.47. The highest BCUT2D eigenvalue weighted by Crippen LogP contribution is 2.13. The molecule has 0 saturated heterocycles. The quantitative estimate of drug-likeness (QED) is 0.595. The molecule has 0 aliphatic heterocycles. The first-order valence-electron chi connectivity index (χ1n) is 6.44. The molecule has 0 aromatic heterocycles. The molecule has 0 aliphatic carbocycles. The van der Waals surface area contributed by atoms with Crippen LogP contribution >= 0.6 is 11.6 Å². The first-order valence-corrected chi connectivity index (χ1v) is 6.82. The van der Waals surface area contributed by atoms with E-state index in [4.69, 9.17) is 11.6 Å². The van der Waals surface area contributed by atoms with Crippen LogP contribution in [0.15, 0.2) is 24.3 Å². The van der Waals surface area contributed by atoms with Crippen molar-refractivity contribution in [2.75, 3.05) is 32.5 Å². The van der Waals surface area contributed by atoms with E-state index < -0.39 is 0 Å². The molecule has 0 bridgehead atoms. The van der Waals surface area contributed by atoms with Crippen molar-refractivity contribution in [3.8, 4) is 0 Å². The Hall–Kier alpha value is -1.59. The lowest BCUT2D eigenvalue weighted by Gasteiger charge is -2.10. The predicted octanol–water partition coefficient (Wildman–Crippen LogP) is 1.74. The van der Waals surface area contributed by atoms with Crippen LogP contribution in [0.1, 0.15) is 12.8 Å². The molecule has 2 N–H and O–H groups in total. The molecular formula is C14H20ClN3O2. The first kappa shape index (κ1) is 16.5. The van der Waals surface area contributed by atoms with E-state index >= 15 is 0 Å². The normalized spacial score (nSPS) is 10.4. The molecule has 0 spiro atoms. The third-order valence-electron chi connectivity index (χ3n) is 2.55. The highest BCUT2D eigenvalue weighted by atomic mass is 35.5. The highest BCUT2D eigenvalue weighted by Gasteiger charge is 2.09. The minimum atomic E-state index is -0.336. The summed E-state index contributed by atoms with van der Waals surface area (Å²) in [6.45, 7) is 1.47. The Morgan fingerprint density at radius 1 is 1.15 bits per heavy atom. The summed E-state index contributed by atoms with van der Waals surface area (Å²) in [5, 5.41) is 5.96. The van der Waals surface area contributed by atoms with Crippen LogP contribution in [0.4, 0.5) is 5.69 Å². The van der Waals surface area contributed by atoms with E-state index in [0.717, 1.165) is 13.0 Å². The van der Waals surface area contributed by atoms with Crippen LogP contribution < -0.4 is 10.6 Å². The van der Waals surface area contributed by atoms with Gasteiger partial charge in [0.2, 0.25) is 11.8 Å². The van der Waals surface area contributed by atoms with Gasteiger partial charge in [0.1, 0.15) is 6.42 Å². The predicted molar refractivity (Wildman–Crippen MR) is 80.9 cm³/mol. The number of hydrogen-bond acceptors (Lipinski definition) is 3. The molecule has 5 nitrogen and oxygen atoms in total. The molecule has 0 unspecified atom stereocenters. The van der Waals surface area contributed by atoms with Crippen LogP contribution in [0.3, 0.4) is 0 Å². The van der Waals surface area contributed by atoms with E-state index in [1.807, 2.05) is 19.0 Å². The molecular weight excluding hydrogens is 278 g/mol. The maximum absolute atomic E-state index is 11.6. The molecule has 0 saturated carbocycles. The molecule has 6 heteroatoms. The van der Waals surface area contributed by atoms with Gasteiger partial charge in [-0.15, -0.1) is 0 Å². The SMILES string of the molecule is CN(C)CCCNC(=O)CC(=O)Nc1ccc(Cl)cc1. The van der Waals surface area contributed by atoms with Crippen molar-refractivity contribution in [3.63, 3.8) is 0 Å². The van der Waals surface area contributed by atoms with Gasteiger partial charge in [-0.05, 0) is 51.3 Å². The lowest BCUT2D eigenvalue weighted by Crippen LogP contribution is -2.30. The number of nitrogens with one attached hydrogen (secondary N) is 2. The lowest BCUT2D eigenvalue weighted by molar-refractivity contribution is -0.126. The summed E-state index contributed by atoms with van der Waals surface area (Å²) >= 11 is 5.75. The van der Waals surface area contributed by atoms with Gasteiger partial charge in [0.25, 0.3) is 0 Å². The Labute approximate surface area is 124 Å². The van der Waals surface area contributed by atoms with Gasteiger partial charge in [-0.2, -0.15) is 0 Å². The van der Waals surface area contributed by atoms with Crippen molar-refractivity contribution >= 4 is 29.1 Å². The molecule has 20 heavy (non-hydrogen) atoms. The number of halogens is 1. The van der Waals surface area contributed by atoms with E-state index in [0.29, 0.717) is 17.3 Å². The van der Waals surface area contributed by atoms with Crippen LogP contribution in [0.2, 0.25) is 5.02 Å². The van der Waals surface area contributed by atoms with Gasteiger partial charge in [0.15, 0.2) is 0 Å². The number of nitrogens with zero attached hydrogens (tertiary/aromatic N) is 1. The Morgan fingerprint density at radius 3 is 2.40 bits per heavy atom. The topological polar surface area (TPSA) is 61.4 Å². The summed E-state index contributed by atoms with van der Waals surface area (Å²) in [7, 11) is 3.95. The monoisotopic (exact) mass is 297 g/mol. The minimum absolute atomic E-state index is 0.176.